The molecule has 19 heavy (non-hydrogen) atoms. The van der Waals surface area contributed by atoms with Crippen molar-refractivity contribution in [3.8, 4) is 11.1 Å². The molecule has 2 aromatic heterocycles. The van der Waals surface area contributed by atoms with Crippen LogP contribution in [-0.2, 0) is 10.2 Å². The third-order valence-electron chi connectivity index (χ3n) is 2.31. The SMILES string of the molecule is Nc1ncc(-c2ccn(S(N)(=O)=O)c2C(=O)O)cn1. The van der Waals surface area contributed by atoms with Gasteiger partial charge < -0.3 is 10.8 Å². The lowest BCUT2D eigenvalue weighted by atomic mass is 10.1. The van der Waals surface area contributed by atoms with Crippen LogP contribution in [0.5, 0.6) is 0 Å². The fourth-order valence-corrected chi connectivity index (χ4v) is 2.21. The van der Waals surface area contributed by atoms with Gasteiger partial charge in [0.2, 0.25) is 5.95 Å². The molecule has 0 saturated carbocycles. The molecule has 5 N–H and O–H groups in total. The number of hydrogen-bond acceptors (Lipinski definition) is 6. The van der Waals surface area contributed by atoms with Crippen molar-refractivity contribution in [1.29, 1.82) is 0 Å². The van der Waals surface area contributed by atoms with Gasteiger partial charge >= 0.3 is 16.2 Å². The number of hydrogen-bond donors (Lipinski definition) is 3. The summed E-state index contributed by atoms with van der Waals surface area (Å²) in [7, 11) is -4.20. The van der Waals surface area contributed by atoms with Gasteiger partial charge in [-0.2, -0.15) is 8.42 Å². The predicted octanol–water partition coefficient (Wildman–Crippen LogP) is -0.723. The number of carbonyl (C=O) groups is 1. The number of rotatable bonds is 3. The van der Waals surface area contributed by atoms with Gasteiger partial charge in [-0.3, -0.25) is 0 Å². The van der Waals surface area contributed by atoms with Crippen LogP contribution >= 0.6 is 0 Å². The molecule has 0 fully saturated rings. The summed E-state index contributed by atoms with van der Waals surface area (Å²) in [5.74, 6) is -1.42. The summed E-state index contributed by atoms with van der Waals surface area (Å²) in [6.45, 7) is 0. The zero-order valence-electron chi connectivity index (χ0n) is 9.39. The molecule has 0 radical (unpaired) electrons. The second-order valence-electron chi connectivity index (χ2n) is 3.55. The highest BCUT2D eigenvalue weighted by Crippen LogP contribution is 2.24. The topological polar surface area (TPSA) is 154 Å². The average molecular weight is 283 g/mol. The van der Waals surface area contributed by atoms with E-state index in [1.807, 2.05) is 0 Å². The molecule has 100 valence electrons. The number of nitrogen functional groups attached to an aromatic ring is 1. The Balaban J connectivity index is 2.69. The van der Waals surface area contributed by atoms with Gasteiger partial charge in [0.25, 0.3) is 0 Å². The van der Waals surface area contributed by atoms with Crippen molar-refractivity contribution in [2.45, 2.75) is 0 Å². The monoisotopic (exact) mass is 283 g/mol. The van der Waals surface area contributed by atoms with Gasteiger partial charge in [0.05, 0.1) is 0 Å². The van der Waals surface area contributed by atoms with Crippen molar-refractivity contribution in [2.24, 2.45) is 5.14 Å². The molecule has 0 aliphatic carbocycles. The van der Waals surface area contributed by atoms with E-state index in [1.54, 1.807) is 0 Å². The molecule has 0 aliphatic rings. The number of aromatic carboxylic acids is 1. The van der Waals surface area contributed by atoms with Crippen molar-refractivity contribution < 1.29 is 18.3 Å². The highest BCUT2D eigenvalue weighted by atomic mass is 32.2. The lowest BCUT2D eigenvalue weighted by Crippen LogP contribution is -2.24. The Labute approximate surface area is 107 Å². The van der Waals surface area contributed by atoms with Crippen LogP contribution in [0.25, 0.3) is 11.1 Å². The molecule has 10 heteroatoms. The highest BCUT2D eigenvalue weighted by Gasteiger charge is 2.23. The maximum Gasteiger partial charge on any atom is 0.354 e. The van der Waals surface area contributed by atoms with Crippen LogP contribution in [0.15, 0.2) is 24.7 Å². The number of aromatic nitrogens is 3. The summed E-state index contributed by atoms with van der Waals surface area (Å²) < 4.78 is 23.0. The van der Waals surface area contributed by atoms with E-state index in [9.17, 15) is 13.2 Å². The van der Waals surface area contributed by atoms with E-state index < -0.39 is 21.9 Å². The molecule has 0 saturated heterocycles. The minimum atomic E-state index is -4.20. The van der Waals surface area contributed by atoms with E-state index >= 15 is 0 Å². The van der Waals surface area contributed by atoms with Crippen LogP contribution in [0.1, 0.15) is 10.5 Å². The van der Waals surface area contributed by atoms with Gasteiger partial charge in [0.1, 0.15) is 0 Å². The number of nitrogens with two attached hydrogens (primary N) is 2. The number of nitrogens with zero attached hydrogens (tertiary/aromatic N) is 3. The first-order valence-corrected chi connectivity index (χ1v) is 6.37. The summed E-state index contributed by atoms with van der Waals surface area (Å²) in [5, 5.41) is 14.0. The van der Waals surface area contributed by atoms with Crippen molar-refractivity contribution in [2.75, 3.05) is 5.73 Å². The van der Waals surface area contributed by atoms with E-state index in [0.29, 0.717) is 9.54 Å². The first-order valence-electron chi connectivity index (χ1n) is 4.86. The molecule has 0 amide bonds. The van der Waals surface area contributed by atoms with Crippen molar-refractivity contribution >= 4 is 22.1 Å². The molecule has 0 spiro atoms. The van der Waals surface area contributed by atoms with E-state index in [-0.39, 0.29) is 11.5 Å². The third-order valence-corrected chi connectivity index (χ3v) is 3.16. The molecular weight excluding hydrogens is 274 g/mol. The molecular formula is C9H9N5O4S. The van der Waals surface area contributed by atoms with Crippen molar-refractivity contribution in [3.63, 3.8) is 0 Å². The first kappa shape index (κ1) is 13.0. The standard InChI is InChI=1S/C9H9N5O4S/c10-9-12-3-5(4-13-9)6-1-2-14(19(11,17)18)7(6)8(15)16/h1-4H,(H,15,16)(H2,10,12,13)(H2,11,17,18). The summed E-state index contributed by atoms with van der Waals surface area (Å²) in [6.07, 6.45) is 3.62. The van der Waals surface area contributed by atoms with Gasteiger partial charge in [-0.15, -0.1) is 0 Å². The molecule has 0 atom stereocenters. The van der Waals surface area contributed by atoms with E-state index in [0.717, 1.165) is 6.20 Å². The van der Waals surface area contributed by atoms with Crippen LogP contribution in [0.2, 0.25) is 0 Å². The minimum Gasteiger partial charge on any atom is -0.477 e. The summed E-state index contributed by atoms with van der Waals surface area (Å²) in [5.41, 5.74) is 5.27. The summed E-state index contributed by atoms with van der Waals surface area (Å²) in [6, 6.07) is 1.29. The zero-order chi connectivity index (χ0) is 14.2. The zero-order valence-corrected chi connectivity index (χ0v) is 10.2. The largest absolute Gasteiger partial charge is 0.477 e. The van der Waals surface area contributed by atoms with Gasteiger partial charge in [-0.05, 0) is 6.07 Å². The van der Waals surface area contributed by atoms with Gasteiger partial charge in [-0.1, -0.05) is 0 Å². The average Bonchev–Trinajstić information content (AvgIpc) is 2.74. The molecule has 2 heterocycles. The second kappa shape index (κ2) is 4.33. The minimum absolute atomic E-state index is 0.0199. The lowest BCUT2D eigenvalue weighted by molar-refractivity contribution is 0.0690. The Bertz CT molecular complexity index is 734. The van der Waals surface area contributed by atoms with Gasteiger partial charge in [0, 0.05) is 29.7 Å². The molecule has 2 rings (SSSR count). The highest BCUT2D eigenvalue weighted by molar-refractivity contribution is 7.87. The van der Waals surface area contributed by atoms with Crippen LogP contribution in [0, 0.1) is 0 Å². The fraction of sp³-hybridized carbons (Fsp3) is 0. The molecule has 0 aromatic carbocycles. The van der Waals surface area contributed by atoms with E-state index in [2.05, 4.69) is 9.97 Å². The van der Waals surface area contributed by atoms with Crippen molar-refractivity contribution in [3.05, 3.63) is 30.4 Å². The van der Waals surface area contributed by atoms with E-state index in [4.69, 9.17) is 16.0 Å². The van der Waals surface area contributed by atoms with Crippen LogP contribution in [0.3, 0.4) is 0 Å². The summed E-state index contributed by atoms with van der Waals surface area (Å²) in [4.78, 5) is 18.6. The molecule has 0 bridgehead atoms. The Morgan fingerprint density at radius 1 is 1.32 bits per heavy atom. The van der Waals surface area contributed by atoms with Crippen molar-refractivity contribution in [1.82, 2.24) is 13.9 Å². The maximum atomic E-state index is 11.3. The number of anilines is 1. The third kappa shape index (κ3) is 2.39. The maximum absolute atomic E-state index is 11.3. The Kier molecular flexibility index (Phi) is 2.96. The lowest BCUT2D eigenvalue weighted by Gasteiger charge is -2.05. The summed E-state index contributed by atoms with van der Waals surface area (Å²) >= 11 is 0. The molecule has 0 aliphatic heterocycles. The second-order valence-corrected chi connectivity index (χ2v) is 4.98. The first-order chi connectivity index (χ1) is 8.80. The predicted molar refractivity (Wildman–Crippen MR) is 65.3 cm³/mol. The number of carboxylic acids is 1. The molecule has 2 aromatic rings. The Morgan fingerprint density at radius 3 is 2.37 bits per heavy atom. The fourth-order valence-electron chi connectivity index (χ4n) is 1.55. The van der Waals surface area contributed by atoms with Crippen LogP contribution < -0.4 is 10.9 Å². The van der Waals surface area contributed by atoms with Gasteiger partial charge in [-0.25, -0.2) is 23.9 Å². The molecule has 9 nitrogen and oxygen atoms in total. The van der Waals surface area contributed by atoms with Gasteiger partial charge in [0.15, 0.2) is 5.69 Å². The number of carboxylic acid groups (broad SMARTS) is 1. The Hall–Kier alpha value is -2.46. The normalized spacial score (nSPS) is 11.4. The smallest absolute Gasteiger partial charge is 0.354 e. The van der Waals surface area contributed by atoms with Crippen LogP contribution in [0.4, 0.5) is 5.95 Å². The molecule has 0 unspecified atom stereocenters. The van der Waals surface area contributed by atoms with E-state index in [1.165, 1.54) is 18.5 Å². The quantitative estimate of drug-likeness (QED) is 0.671. The van der Waals surface area contributed by atoms with Crippen LogP contribution in [-0.4, -0.2) is 33.4 Å². The Morgan fingerprint density at radius 2 is 1.89 bits per heavy atom.